The molecule has 3 nitrogen and oxygen atoms in total. The monoisotopic (exact) mass is 349 g/mol. The molecule has 0 fully saturated rings. The molecule has 1 aromatic heterocycles. The largest absolute Gasteiger partial charge is 0.433 e. The third kappa shape index (κ3) is 2.65. The summed E-state index contributed by atoms with van der Waals surface area (Å²) in [7, 11) is 0. The number of rotatable bonds is 2. The first-order chi connectivity index (χ1) is 9.25. The average molecular weight is 350 g/mol. The molecule has 0 amide bonds. The average Bonchev–Trinajstić information content (AvgIpc) is 2.36. The van der Waals surface area contributed by atoms with Gasteiger partial charge in [-0.2, -0.15) is 13.2 Å². The van der Waals surface area contributed by atoms with Crippen molar-refractivity contribution < 1.29 is 23.4 Å². The summed E-state index contributed by atoms with van der Waals surface area (Å²) in [6.45, 7) is 1.17. The van der Waals surface area contributed by atoms with E-state index in [4.69, 9.17) is 5.11 Å². The Morgan fingerprint density at radius 3 is 2.55 bits per heavy atom. The van der Waals surface area contributed by atoms with Gasteiger partial charge in [-0.15, -0.1) is 0 Å². The lowest BCUT2D eigenvalue weighted by molar-refractivity contribution is -0.140. The van der Waals surface area contributed by atoms with E-state index >= 15 is 0 Å². The third-order valence-corrected chi connectivity index (χ3v) is 3.83. The molecular weight excluding hydrogens is 339 g/mol. The Kier molecular flexibility index (Phi) is 4.04. The SMILES string of the molecule is Cc1cc2nc(C(F)(F)F)ccc2c(Br)c1C(O)CO. The number of hydrogen-bond donors (Lipinski definition) is 2. The van der Waals surface area contributed by atoms with Gasteiger partial charge in [0.15, 0.2) is 0 Å². The van der Waals surface area contributed by atoms with Gasteiger partial charge in [0.1, 0.15) is 11.8 Å². The minimum atomic E-state index is -4.50. The molecule has 0 aliphatic rings. The Bertz CT molecular complexity index is 658. The molecule has 0 aliphatic carbocycles. The van der Waals surface area contributed by atoms with Crippen LogP contribution in [-0.4, -0.2) is 21.8 Å². The Morgan fingerprint density at radius 1 is 1.35 bits per heavy atom. The number of fused-ring (bicyclic) bond motifs is 1. The van der Waals surface area contributed by atoms with Crippen molar-refractivity contribution in [1.82, 2.24) is 4.98 Å². The zero-order valence-corrected chi connectivity index (χ0v) is 12.0. The maximum Gasteiger partial charge on any atom is 0.433 e. The number of aliphatic hydroxyl groups excluding tert-OH is 2. The second-order valence-electron chi connectivity index (χ2n) is 4.38. The highest BCUT2D eigenvalue weighted by Gasteiger charge is 2.32. The molecule has 1 unspecified atom stereocenters. The van der Waals surface area contributed by atoms with E-state index in [-0.39, 0.29) is 5.52 Å². The van der Waals surface area contributed by atoms with Crippen LogP contribution in [0.25, 0.3) is 10.9 Å². The van der Waals surface area contributed by atoms with Gasteiger partial charge in [-0.3, -0.25) is 0 Å². The maximum absolute atomic E-state index is 12.6. The fraction of sp³-hybridized carbons (Fsp3) is 0.308. The molecule has 1 aromatic carbocycles. The number of aromatic nitrogens is 1. The van der Waals surface area contributed by atoms with Gasteiger partial charge in [-0.25, -0.2) is 4.98 Å². The molecule has 2 aromatic rings. The number of benzene rings is 1. The highest BCUT2D eigenvalue weighted by atomic mass is 79.9. The van der Waals surface area contributed by atoms with Crippen LogP contribution >= 0.6 is 15.9 Å². The van der Waals surface area contributed by atoms with Gasteiger partial charge in [-0.1, -0.05) is 0 Å². The fourth-order valence-electron chi connectivity index (χ4n) is 2.03. The quantitative estimate of drug-likeness (QED) is 0.874. The summed E-state index contributed by atoms with van der Waals surface area (Å²) in [5, 5.41) is 19.2. The second-order valence-corrected chi connectivity index (χ2v) is 5.17. The molecule has 0 spiro atoms. The lowest BCUT2D eigenvalue weighted by atomic mass is 10.0. The number of halogens is 4. The fourth-order valence-corrected chi connectivity index (χ4v) is 2.94. The van der Waals surface area contributed by atoms with Gasteiger partial charge in [-0.05, 0) is 46.6 Å². The minimum Gasteiger partial charge on any atom is -0.393 e. The van der Waals surface area contributed by atoms with Crippen LogP contribution in [0.2, 0.25) is 0 Å². The molecule has 7 heteroatoms. The van der Waals surface area contributed by atoms with Crippen molar-refractivity contribution in [2.24, 2.45) is 0 Å². The molecule has 2 rings (SSSR count). The Labute approximate surface area is 121 Å². The van der Waals surface area contributed by atoms with E-state index in [0.717, 1.165) is 6.07 Å². The zero-order chi connectivity index (χ0) is 15.1. The van der Waals surface area contributed by atoms with Gasteiger partial charge in [0.05, 0.1) is 12.1 Å². The Hall–Kier alpha value is -1.18. The van der Waals surface area contributed by atoms with Gasteiger partial charge >= 0.3 is 6.18 Å². The van der Waals surface area contributed by atoms with Crippen LogP contribution in [0.15, 0.2) is 22.7 Å². The van der Waals surface area contributed by atoms with Crippen LogP contribution in [0.1, 0.15) is 22.9 Å². The number of nitrogens with zero attached hydrogens (tertiary/aromatic N) is 1. The van der Waals surface area contributed by atoms with Crippen molar-refractivity contribution >= 4 is 26.8 Å². The van der Waals surface area contributed by atoms with Crippen LogP contribution in [0, 0.1) is 6.92 Å². The van der Waals surface area contributed by atoms with Crippen molar-refractivity contribution in [2.75, 3.05) is 6.61 Å². The molecule has 0 radical (unpaired) electrons. The molecule has 0 bridgehead atoms. The van der Waals surface area contributed by atoms with E-state index in [1.807, 2.05) is 0 Å². The summed E-state index contributed by atoms with van der Waals surface area (Å²) in [5.41, 5.74) is 0.212. The summed E-state index contributed by atoms with van der Waals surface area (Å²) in [6, 6.07) is 3.64. The standard InChI is InChI=1S/C13H11BrF3NO2/c1-6-4-8-7(12(14)11(6)9(20)5-19)2-3-10(18-8)13(15,16)17/h2-4,9,19-20H,5H2,1H3. The van der Waals surface area contributed by atoms with Gasteiger partial charge < -0.3 is 10.2 Å². The van der Waals surface area contributed by atoms with Crippen molar-refractivity contribution in [3.63, 3.8) is 0 Å². The van der Waals surface area contributed by atoms with Gasteiger partial charge in [0.25, 0.3) is 0 Å². The molecule has 20 heavy (non-hydrogen) atoms. The summed E-state index contributed by atoms with van der Waals surface area (Å²) in [4.78, 5) is 3.60. The van der Waals surface area contributed by atoms with Crippen molar-refractivity contribution in [2.45, 2.75) is 19.2 Å². The third-order valence-electron chi connectivity index (χ3n) is 2.97. The maximum atomic E-state index is 12.6. The van der Waals surface area contributed by atoms with Crippen LogP contribution in [0.4, 0.5) is 13.2 Å². The van der Waals surface area contributed by atoms with Crippen LogP contribution in [0.3, 0.4) is 0 Å². The van der Waals surface area contributed by atoms with E-state index in [2.05, 4.69) is 20.9 Å². The van der Waals surface area contributed by atoms with E-state index in [1.54, 1.807) is 6.92 Å². The first-order valence-corrected chi connectivity index (χ1v) is 6.51. The second kappa shape index (κ2) is 5.31. The first-order valence-electron chi connectivity index (χ1n) is 5.71. The highest BCUT2D eigenvalue weighted by Crippen LogP contribution is 2.36. The van der Waals surface area contributed by atoms with Crippen molar-refractivity contribution in [1.29, 1.82) is 0 Å². The van der Waals surface area contributed by atoms with E-state index in [1.165, 1.54) is 12.1 Å². The minimum absolute atomic E-state index is 0.179. The summed E-state index contributed by atoms with van der Waals surface area (Å²) >= 11 is 3.26. The first kappa shape index (κ1) is 15.2. The molecular formula is C13H11BrF3NO2. The Balaban J connectivity index is 2.70. The van der Waals surface area contributed by atoms with Gasteiger partial charge in [0, 0.05) is 15.4 Å². The normalized spacial score (nSPS) is 13.8. The summed E-state index contributed by atoms with van der Waals surface area (Å²) in [5.74, 6) is 0. The molecule has 1 heterocycles. The number of aliphatic hydroxyl groups is 2. The smallest absolute Gasteiger partial charge is 0.393 e. The summed E-state index contributed by atoms with van der Waals surface area (Å²) in [6.07, 6.45) is -5.60. The molecule has 0 saturated heterocycles. The lowest BCUT2D eigenvalue weighted by Gasteiger charge is -2.16. The van der Waals surface area contributed by atoms with Crippen LogP contribution < -0.4 is 0 Å². The highest BCUT2D eigenvalue weighted by molar-refractivity contribution is 9.10. The van der Waals surface area contributed by atoms with E-state index in [9.17, 15) is 18.3 Å². The predicted molar refractivity (Wildman–Crippen MR) is 71.2 cm³/mol. The predicted octanol–water partition coefficient (Wildman–Crippen LogP) is 3.35. The molecule has 108 valence electrons. The van der Waals surface area contributed by atoms with Crippen molar-refractivity contribution in [3.05, 3.63) is 39.5 Å². The zero-order valence-electron chi connectivity index (χ0n) is 10.4. The van der Waals surface area contributed by atoms with Crippen molar-refractivity contribution in [3.8, 4) is 0 Å². The molecule has 2 N–H and O–H groups in total. The Morgan fingerprint density at radius 2 is 2.00 bits per heavy atom. The van der Waals surface area contributed by atoms with E-state index in [0.29, 0.717) is 21.0 Å². The number of alkyl halides is 3. The topological polar surface area (TPSA) is 53.4 Å². The molecule has 1 atom stereocenters. The lowest BCUT2D eigenvalue weighted by Crippen LogP contribution is -2.09. The van der Waals surface area contributed by atoms with E-state index < -0.39 is 24.6 Å². The van der Waals surface area contributed by atoms with Gasteiger partial charge in [0.2, 0.25) is 0 Å². The number of hydrogen-bond acceptors (Lipinski definition) is 3. The van der Waals surface area contributed by atoms with Crippen LogP contribution in [0.5, 0.6) is 0 Å². The number of pyridine rings is 1. The van der Waals surface area contributed by atoms with Crippen LogP contribution in [-0.2, 0) is 6.18 Å². The molecule has 0 aliphatic heterocycles. The number of aryl methyl sites for hydroxylation is 1. The molecule has 0 saturated carbocycles. The summed E-state index contributed by atoms with van der Waals surface area (Å²) < 4.78 is 38.3.